The molecule has 1 heterocycles. The van der Waals surface area contributed by atoms with Crippen molar-refractivity contribution in [3.63, 3.8) is 0 Å². The van der Waals surface area contributed by atoms with Crippen LogP contribution in [0.4, 0.5) is 0 Å². The van der Waals surface area contributed by atoms with E-state index in [0.29, 0.717) is 30.5 Å². The molecule has 0 fully saturated rings. The van der Waals surface area contributed by atoms with Gasteiger partial charge in [-0.15, -0.1) is 0 Å². The van der Waals surface area contributed by atoms with Crippen molar-refractivity contribution in [3.8, 4) is 34.1 Å². The quantitative estimate of drug-likeness (QED) is 0.137. The maximum Gasteiger partial charge on any atom is 0.196 e. The molecule has 0 N–H and O–H groups in total. The number of rotatable bonds is 11. The molecule has 0 aliphatic carbocycles. The number of fused-ring (bicyclic) bond motifs is 3. The van der Waals surface area contributed by atoms with Crippen molar-refractivity contribution in [1.82, 2.24) is 0 Å². The number of hydrogen-bond donors (Lipinski definition) is 1. The Labute approximate surface area is 227 Å². The third-order valence-corrected chi connectivity index (χ3v) is 8.73. The highest BCUT2D eigenvalue weighted by Crippen LogP contribution is 2.62. The molecule has 1 aliphatic rings. The summed E-state index contributed by atoms with van der Waals surface area (Å²) in [4.78, 5) is 4.09. The van der Waals surface area contributed by atoms with Crippen LogP contribution in [0.2, 0.25) is 0 Å². The van der Waals surface area contributed by atoms with Crippen LogP contribution in [0.1, 0.15) is 27.7 Å². The van der Waals surface area contributed by atoms with Crippen molar-refractivity contribution in [1.29, 1.82) is 0 Å². The molecule has 5 nitrogen and oxygen atoms in total. The Hall–Kier alpha value is -3.45. The Balaban J connectivity index is 1.39. The molecule has 198 valence electrons. The Morgan fingerprint density at radius 3 is 1.55 bits per heavy atom. The lowest BCUT2D eigenvalue weighted by Crippen LogP contribution is -2.17. The fourth-order valence-electron chi connectivity index (χ4n) is 4.66. The van der Waals surface area contributed by atoms with E-state index in [0.717, 1.165) is 5.75 Å². The number of hydrogen-bond acceptors (Lipinski definition) is 5. The summed E-state index contributed by atoms with van der Waals surface area (Å²) < 4.78 is 29.3. The zero-order chi connectivity index (χ0) is 26.5. The average molecular weight is 531 g/mol. The number of thiol groups is 1. The highest BCUT2D eigenvalue weighted by Gasteiger charge is 2.26. The molecule has 0 radical (unpaired) electrons. The molecule has 0 bridgehead atoms. The van der Waals surface area contributed by atoms with Crippen molar-refractivity contribution >= 4 is 10.9 Å². The molecule has 0 saturated heterocycles. The van der Waals surface area contributed by atoms with Crippen molar-refractivity contribution in [3.05, 3.63) is 91.0 Å². The van der Waals surface area contributed by atoms with Gasteiger partial charge >= 0.3 is 0 Å². The number of benzene rings is 4. The van der Waals surface area contributed by atoms with Crippen LogP contribution >= 0.6 is 10.9 Å². The second kappa shape index (κ2) is 11.9. The van der Waals surface area contributed by atoms with Crippen LogP contribution in [0, 0.1) is 0 Å². The molecule has 6 heteroatoms. The normalized spacial score (nSPS) is 14.4. The Morgan fingerprint density at radius 1 is 0.579 bits per heavy atom. The molecule has 2 atom stereocenters. The van der Waals surface area contributed by atoms with Gasteiger partial charge in [0.15, 0.2) is 12.6 Å². The maximum atomic E-state index is 6.26. The summed E-state index contributed by atoms with van der Waals surface area (Å²) in [7, 11) is -0.605. The predicted octanol–water partition coefficient (Wildman–Crippen LogP) is 8.46. The minimum absolute atomic E-state index is 0.397. The van der Waals surface area contributed by atoms with Crippen LogP contribution in [0.5, 0.6) is 23.0 Å². The highest BCUT2D eigenvalue weighted by atomic mass is 32.2. The first-order chi connectivity index (χ1) is 18.6. The summed E-state index contributed by atoms with van der Waals surface area (Å²) in [5, 5.41) is 0. The number of ether oxygens (including phenoxy) is 5. The molecule has 5 rings (SSSR count). The Kier molecular flexibility index (Phi) is 8.23. The van der Waals surface area contributed by atoms with Gasteiger partial charge in [0.25, 0.3) is 0 Å². The fraction of sp³-hybridized carbons (Fsp3) is 0.250. The van der Waals surface area contributed by atoms with Crippen LogP contribution in [0.15, 0.2) is 106 Å². The van der Waals surface area contributed by atoms with Crippen molar-refractivity contribution < 1.29 is 23.7 Å². The van der Waals surface area contributed by atoms with Crippen molar-refractivity contribution in [2.75, 3.05) is 13.2 Å². The third-order valence-electron chi connectivity index (χ3n) is 6.17. The Bertz CT molecular complexity index is 1290. The van der Waals surface area contributed by atoms with Crippen molar-refractivity contribution in [2.24, 2.45) is 0 Å². The van der Waals surface area contributed by atoms with Gasteiger partial charge in [-0.1, -0.05) is 36.4 Å². The van der Waals surface area contributed by atoms with Crippen molar-refractivity contribution in [2.45, 2.75) is 55.0 Å². The topological polar surface area (TPSA) is 46.2 Å². The summed E-state index contributed by atoms with van der Waals surface area (Å²) in [6.45, 7) is 8.72. The lowest BCUT2D eigenvalue weighted by Gasteiger charge is -2.20. The lowest BCUT2D eigenvalue weighted by atomic mass is 10.1. The summed E-state index contributed by atoms with van der Waals surface area (Å²) in [5.74, 6) is 2.55. The SMILES string of the molecule is CCOC(C)Oc1cc(Oc2ccc([SH]3c4ccccc4-c4ccccc43)cc2)cc(OC(C)OCC)c1. The summed E-state index contributed by atoms with van der Waals surface area (Å²) in [6.07, 6.45) is -0.794. The van der Waals surface area contributed by atoms with Gasteiger partial charge in [0.05, 0.1) is 0 Å². The molecular formula is C32H34O5S. The molecule has 1 aliphatic heterocycles. The van der Waals surface area contributed by atoms with Crippen LogP contribution in [-0.2, 0) is 9.47 Å². The second-order valence-electron chi connectivity index (χ2n) is 8.89. The molecule has 2 unspecified atom stereocenters. The minimum atomic E-state index is -0.605. The predicted molar refractivity (Wildman–Crippen MR) is 152 cm³/mol. The van der Waals surface area contributed by atoms with E-state index in [9.17, 15) is 0 Å². The van der Waals surface area contributed by atoms with Gasteiger partial charge in [0.1, 0.15) is 23.0 Å². The van der Waals surface area contributed by atoms with E-state index in [4.69, 9.17) is 23.7 Å². The van der Waals surface area contributed by atoms with Gasteiger partial charge in [-0.25, -0.2) is 0 Å². The summed E-state index contributed by atoms with van der Waals surface area (Å²) in [5.41, 5.74) is 2.67. The van der Waals surface area contributed by atoms with Crippen LogP contribution in [-0.4, -0.2) is 25.8 Å². The van der Waals surface area contributed by atoms with E-state index in [1.807, 2.05) is 58.0 Å². The van der Waals surface area contributed by atoms with Gasteiger partial charge in [-0.05, 0) is 80.1 Å². The van der Waals surface area contributed by atoms with Gasteiger partial charge in [0.2, 0.25) is 0 Å². The minimum Gasteiger partial charge on any atom is -0.465 e. The molecule has 0 aromatic heterocycles. The Morgan fingerprint density at radius 2 is 1.05 bits per heavy atom. The average Bonchev–Trinajstić information content (AvgIpc) is 3.24. The van der Waals surface area contributed by atoms with E-state index in [-0.39, 0.29) is 0 Å². The molecule has 0 saturated carbocycles. The van der Waals surface area contributed by atoms with Crippen LogP contribution in [0.3, 0.4) is 0 Å². The van der Waals surface area contributed by atoms with Crippen LogP contribution in [0.25, 0.3) is 11.1 Å². The summed E-state index contributed by atoms with van der Waals surface area (Å²) in [6, 6.07) is 31.4. The molecule has 0 amide bonds. The first kappa shape index (κ1) is 26.2. The summed E-state index contributed by atoms with van der Waals surface area (Å²) >= 11 is 0. The first-order valence-corrected chi connectivity index (χ1v) is 14.4. The highest BCUT2D eigenvalue weighted by molar-refractivity contribution is 8.17. The largest absolute Gasteiger partial charge is 0.465 e. The van der Waals surface area contributed by atoms with Gasteiger partial charge in [0, 0.05) is 41.2 Å². The smallest absolute Gasteiger partial charge is 0.196 e. The van der Waals surface area contributed by atoms with E-state index >= 15 is 0 Å². The maximum absolute atomic E-state index is 6.26. The molecule has 38 heavy (non-hydrogen) atoms. The van der Waals surface area contributed by atoms with Gasteiger partial charge in [-0.2, -0.15) is 10.9 Å². The lowest BCUT2D eigenvalue weighted by molar-refractivity contribution is -0.0650. The third kappa shape index (κ3) is 5.83. The zero-order valence-corrected chi connectivity index (χ0v) is 23.1. The van der Waals surface area contributed by atoms with E-state index in [2.05, 4.69) is 60.7 Å². The zero-order valence-electron chi connectivity index (χ0n) is 22.2. The van der Waals surface area contributed by atoms with Crippen LogP contribution < -0.4 is 14.2 Å². The monoisotopic (exact) mass is 530 g/mol. The second-order valence-corrected chi connectivity index (χ2v) is 11.0. The molecule has 4 aromatic rings. The van der Waals surface area contributed by atoms with Gasteiger partial charge in [-0.3, -0.25) is 0 Å². The first-order valence-electron chi connectivity index (χ1n) is 13.0. The van der Waals surface area contributed by atoms with E-state index in [1.54, 1.807) is 0 Å². The molecule has 4 aromatic carbocycles. The fourth-order valence-corrected chi connectivity index (χ4v) is 7.27. The standard InChI is InChI=1S/C32H34O5S/c1-5-33-22(3)35-25-19-26(36-23(4)34-6-2)21-27(20-25)37-24-15-17-28(18-16-24)38-31-13-9-7-11-29(31)30-12-8-10-14-32(30)38/h7-23,38H,5-6H2,1-4H3. The van der Waals surface area contributed by atoms with Gasteiger partial charge < -0.3 is 23.7 Å². The molecular weight excluding hydrogens is 496 g/mol. The van der Waals surface area contributed by atoms with E-state index < -0.39 is 23.5 Å². The van der Waals surface area contributed by atoms with E-state index in [1.165, 1.54) is 25.8 Å². The molecule has 0 spiro atoms.